The number of phenols is 1. The molecule has 10 nitrogen and oxygen atoms in total. The van der Waals surface area contributed by atoms with E-state index in [1.54, 1.807) is 58.6 Å². The summed E-state index contributed by atoms with van der Waals surface area (Å²) in [6.45, 7) is 14.4. The molecule has 1 fully saturated rings. The molecule has 1 saturated carbocycles. The fourth-order valence-corrected chi connectivity index (χ4v) is 5.27. The Morgan fingerprint density at radius 3 is 1.93 bits per heavy atom. The number of alkyl carbamates (subject to hydrolysis) is 1. The minimum Gasteiger partial charge on any atom is -0.508 e. The molecule has 3 atom stereocenters. The molecule has 2 aromatic carbocycles. The Labute approximate surface area is 273 Å². The topological polar surface area (TPSA) is 134 Å². The van der Waals surface area contributed by atoms with Gasteiger partial charge < -0.3 is 30.1 Å². The molecule has 1 aliphatic rings. The minimum absolute atomic E-state index is 0.00409. The summed E-state index contributed by atoms with van der Waals surface area (Å²) in [6.07, 6.45) is 2.00. The second-order valence-corrected chi connectivity index (χ2v) is 14.4. The normalized spacial score (nSPS) is 15.6. The number of hydrogen-bond donors (Lipinski definition) is 3. The van der Waals surface area contributed by atoms with Gasteiger partial charge in [-0.15, -0.1) is 0 Å². The number of ether oxygens (including phenoxy) is 2. The summed E-state index contributed by atoms with van der Waals surface area (Å²) in [6, 6.07) is 12.0. The lowest BCUT2D eigenvalue weighted by atomic mass is 9.87. The van der Waals surface area contributed by atoms with Crippen LogP contribution < -0.4 is 10.6 Å². The molecule has 3 unspecified atom stereocenters. The lowest BCUT2D eigenvalue weighted by Gasteiger charge is -2.44. The highest BCUT2D eigenvalue weighted by atomic mass is 16.6. The Bertz CT molecular complexity index is 1330. The maximum atomic E-state index is 14.5. The number of amides is 3. The van der Waals surface area contributed by atoms with Gasteiger partial charge in [0.1, 0.15) is 35.1 Å². The standard InChI is InChI=1S/C36H51N3O7/c1-23(2)21-28(38-34(44)46-36(6,7)8)32(42)39(26-15-12-16-26)30(25-17-19-27(40)20-18-25)31(41)37-29(33(43)45-35(3,4)5)22-24-13-10-9-11-14-24/h9-11,13-14,17-20,23,26,28-30,40H,12,15-16,21-22H2,1-8H3,(H,37,41)(H,38,44). The van der Waals surface area contributed by atoms with E-state index in [2.05, 4.69) is 10.6 Å². The molecule has 46 heavy (non-hydrogen) atoms. The number of rotatable bonds is 12. The first kappa shape index (κ1) is 36.4. The predicted octanol–water partition coefficient (Wildman–Crippen LogP) is 5.82. The van der Waals surface area contributed by atoms with E-state index in [4.69, 9.17) is 9.47 Å². The van der Waals surface area contributed by atoms with E-state index < -0.39 is 53.2 Å². The first-order chi connectivity index (χ1) is 21.4. The number of benzene rings is 2. The van der Waals surface area contributed by atoms with Gasteiger partial charge >= 0.3 is 12.1 Å². The molecule has 0 bridgehead atoms. The molecule has 3 rings (SSSR count). The highest BCUT2D eigenvalue weighted by Crippen LogP contribution is 2.35. The lowest BCUT2D eigenvalue weighted by molar-refractivity contribution is -0.159. The predicted molar refractivity (Wildman–Crippen MR) is 176 cm³/mol. The van der Waals surface area contributed by atoms with Crippen molar-refractivity contribution >= 4 is 23.9 Å². The molecule has 0 spiro atoms. The van der Waals surface area contributed by atoms with Crippen molar-refractivity contribution in [3.05, 3.63) is 65.7 Å². The molecule has 0 heterocycles. The van der Waals surface area contributed by atoms with E-state index in [0.717, 1.165) is 12.0 Å². The monoisotopic (exact) mass is 637 g/mol. The van der Waals surface area contributed by atoms with Crippen LogP contribution in [0.4, 0.5) is 4.79 Å². The van der Waals surface area contributed by atoms with Gasteiger partial charge in [-0.05, 0) is 96.4 Å². The molecule has 0 radical (unpaired) electrons. The molecular weight excluding hydrogens is 586 g/mol. The molecule has 252 valence electrons. The first-order valence-corrected chi connectivity index (χ1v) is 16.1. The zero-order chi connectivity index (χ0) is 34.2. The number of aromatic hydroxyl groups is 1. The molecule has 1 aliphatic carbocycles. The second kappa shape index (κ2) is 15.5. The Balaban J connectivity index is 2.05. The van der Waals surface area contributed by atoms with Gasteiger partial charge in [0.15, 0.2) is 0 Å². The number of nitrogens with one attached hydrogen (secondary N) is 2. The molecule has 0 aromatic heterocycles. The molecule has 0 aliphatic heterocycles. The number of esters is 1. The summed E-state index contributed by atoms with van der Waals surface area (Å²) in [5.41, 5.74) is -0.282. The molecule has 3 N–H and O–H groups in total. The molecule has 0 saturated heterocycles. The fourth-order valence-electron chi connectivity index (χ4n) is 5.27. The van der Waals surface area contributed by atoms with Gasteiger partial charge in [-0.3, -0.25) is 9.59 Å². The van der Waals surface area contributed by atoms with Gasteiger partial charge in [-0.2, -0.15) is 0 Å². The first-order valence-electron chi connectivity index (χ1n) is 16.1. The molecule has 3 amide bonds. The third-order valence-electron chi connectivity index (χ3n) is 7.44. The van der Waals surface area contributed by atoms with Crippen LogP contribution in [0.15, 0.2) is 54.6 Å². The van der Waals surface area contributed by atoms with E-state index in [9.17, 15) is 24.3 Å². The lowest BCUT2D eigenvalue weighted by Crippen LogP contribution is -2.59. The number of nitrogens with zero attached hydrogens (tertiary/aromatic N) is 1. The SMILES string of the molecule is CC(C)CC(NC(=O)OC(C)(C)C)C(=O)N(C1CCC1)C(C(=O)NC(Cc1ccccc1)C(=O)OC(C)(C)C)c1ccc(O)cc1. The zero-order valence-electron chi connectivity index (χ0n) is 28.5. The van der Waals surface area contributed by atoms with Crippen LogP contribution in [0, 0.1) is 5.92 Å². The van der Waals surface area contributed by atoms with Gasteiger partial charge in [0, 0.05) is 12.5 Å². The van der Waals surface area contributed by atoms with Gasteiger partial charge in [0.2, 0.25) is 11.8 Å². The number of carbonyl (C=O) groups is 4. The van der Waals surface area contributed by atoms with E-state index in [1.807, 2.05) is 44.2 Å². The van der Waals surface area contributed by atoms with Crippen molar-refractivity contribution in [2.75, 3.05) is 0 Å². The zero-order valence-corrected chi connectivity index (χ0v) is 28.5. The van der Waals surface area contributed by atoms with E-state index >= 15 is 0 Å². The molecular formula is C36H51N3O7. The van der Waals surface area contributed by atoms with Crippen molar-refractivity contribution in [2.45, 2.75) is 123 Å². The Morgan fingerprint density at radius 1 is 0.848 bits per heavy atom. The van der Waals surface area contributed by atoms with Crippen molar-refractivity contribution < 1.29 is 33.8 Å². The quantitative estimate of drug-likeness (QED) is 0.250. The third-order valence-corrected chi connectivity index (χ3v) is 7.44. The maximum Gasteiger partial charge on any atom is 0.408 e. The van der Waals surface area contributed by atoms with E-state index in [-0.39, 0.29) is 24.1 Å². The largest absolute Gasteiger partial charge is 0.508 e. The van der Waals surface area contributed by atoms with Gasteiger partial charge in [-0.25, -0.2) is 9.59 Å². The van der Waals surface area contributed by atoms with Gasteiger partial charge in [-0.1, -0.05) is 56.3 Å². The number of hydrogen-bond acceptors (Lipinski definition) is 7. The fraction of sp³-hybridized carbons (Fsp3) is 0.556. The van der Waals surface area contributed by atoms with Crippen molar-refractivity contribution in [1.82, 2.24) is 15.5 Å². The Kier molecular flexibility index (Phi) is 12.2. The summed E-state index contributed by atoms with van der Waals surface area (Å²) in [7, 11) is 0. The van der Waals surface area contributed by atoms with Gasteiger partial charge in [0.25, 0.3) is 0 Å². The summed E-state index contributed by atoms with van der Waals surface area (Å²) < 4.78 is 11.2. The van der Waals surface area contributed by atoms with Crippen LogP contribution in [-0.2, 0) is 30.3 Å². The second-order valence-electron chi connectivity index (χ2n) is 14.4. The smallest absolute Gasteiger partial charge is 0.408 e. The maximum absolute atomic E-state index is 14.5. The van der Waals surface area contributed by atoms with Crippen molar-refractivity contribution in [3.8, 4) is 5.75 Å². The van der Waals surface area contributed by atoms with E-state index in [1.165, 1.54) is 12.1 Å². The van der Waals surface area contributed by atoms with E-state index in [0.29, 0.717) is 24.8 Å². The van der Waals surface area contributed by atoms with Crippen molar-refractivity contribution in [3.63, 3.8) is 0 Å². The number of phenolic OH excluding ortho intramolecular Hbond substituents is 1. The van der Waals surface area contributed by atoms with Crippen molar-refractivity contribution in [1.29, 1.82) is 0 Å². The summed E-state index contributed by atoms with van der Waals surface area (Å²) >= 11 is 0. The highest BCUT2D eigenvalue weighted by Gasteiger charge is 2.43. The van der Waals surface area contributed by atoms with Crippen LogP contribution in [0.5, 0.6) is 5.75 Å². The van der Waals surface area contributed by atoms with Crippen LogP contribution in [0.3, 0.4) is 0 Å². The number of carbonyl (C=O) groups excluding carboxylic acids is 4. The third kappa shape index (κ3) is 11.1. The highest BCUT2D eigenvalue weighted by molar-refractivity contribution is 5.94. The van der Waals surface area contributed by atoms with Crippen LogP contribution in [0.2, 0.25) is 0 Å². The average molecular weight is 638 g/mol. The average Bonchev–Trinajstić information content (AvgIpc) is 2.90. The van der Waals surface area contributed by atoms with Crippen LogP contribution in [0.1, 0.15) is 98.2 Å². The van der Waals surface area contributed by atoms with Crippen LogP contribution in [-0.4, -0.2) is 63.2 Å². The van der Waals surface area contributed by atoms with Crippen LogP contribution in [0.25, 0.3) is 0 Å². The summed E-state index contributed by atoms with van der Waals surface area (Å²) in [5, 5.41) is 15.7. The minimum atomic E-state index is -1.16. The summed E-state index contributed by atoms with van der Waals surface area (Å²) in [4.78, 5) is 56.9. The van der Waals surface area contributed by atoms with Gasteiger partial charge in [0.05, 0.1) is 0 Å². The molecule has 10 heteroatoms. The van der Waals surface area contributed by atoms with Crippen molar-refractivity contribution in [2.24, 2.45) is 5.92 Å². The summed E-state index contributed by atoms with van der Waals surface area (Å²) in [5.74, 6) is -1.55. The van der Waals surface area contributed by atoms with Crippen LogP contribution >= 0.6 is 0 Å². The Morgan fingerprint density at radius 2 is 1.43 bits per heavy atom. The molecule has 2 aromatic rings. The Hall–Kier alpha value is -4.08.